The van der Waals surface area contributed by atoms with Crippen molar-refractivity contribution >= 4 is 34.3 Å². The fourth-order valence-electron chi connectivity index (χ4n) is 3.52. The molecule has 1 unspecified atom stereocenters. The molecule has 0 radical (unpaired) electrons. The van der Waals surface area contributed by atoms with Gasteiger partial charge in [-0.2, -0.15) is 0 Å². The van der Waals surface area contributed by atoms with E-state index >= 15 is 0 Å². The molecule has 0 saturated carbocycles. The molecule has 1 aliphatic rings. The second-order valence-electron chi connectivity index (χ2n) is 6.82. The van der Waals surface area contributed by atoms with Crippen LogP contribution in [0.2, 0.25) is 0 Å². The van der Waals surface area contributed by atoms with Gasteiger partial charge in [0.25, 0.3) is 0 Å². The average Bonchev–Trinajstić information content (AvgIpc) is 3.30. The summed E-state index contributed by atoms with van der Waals surface area (Å²) in [6.07, 6.45) is 0.131. The molecule has 1 N–H and O–H groups in total. The van der Waals surface area contributed by atoms with Crippen LogP contribution in [0.3, 0.4) is 0 Å². The van der Waals surface area contributed by atoms with Gasteiger partial charge in [-0.1, -0.05) is 6.07 Å². The molecule has 1 aliphatic heterocycles. The predicted octanol–water partition coefficient (Wildman–Crippen LogP) is 3.15. The molecule has 2 amide bonds. The fourth-order valence-corrected chi connectivity index (χ4v) is 3.52. The number of amides is 2. The summed E-state index contributed by atoms with van der Waals surface area (Å²) in [4.78, 5) is 31.2. The largest absolute Gasteiger partial charge is 0.493 e. The SMILES string of the molecule is COc1ccc(N2CC(C(=O)Nc3cccc4nc(C)oc34)CC2=O)cc1OC. The Morgan fingerprint density at radius 2 is 2.00 bits per heavy atom. The van der Waals surface area contributed by atoms with Gasteiger partial charge in [0.1, 0.15) is 5.52 Å². The van der Waals surface area contributed by atoms with Gasteiger partial charge in [0, 0.05) is 31.6 Å². The molecule has 29 heavy (non-hydrogen) atoms. The molecule has 2 heterocycles. The minimum atomic E-state index is -0.477. The van der Waals surface area contributed by atoms with Gasteiger partial charge in [-0.25, -0.2) is 4.98 Å². The summed E-state index contributed by atoms with van der Waals surface area (Å²) in [5.41, 5.74) is 2.41. The maximum Gasteiger partial charge on any atom is 0.229 e. The highest BCUT2D eigenvalue weighted by atomic mass is 16.5. The summed E-state index contributed by atoms with van der Waals surface area (Å²) in [7, 11) is 3.09. The third kappa shape index (κ3) is 3.49. The van der Waals surface area contributed by atoms with Crippen LogP contribution in [0.25, 0.3) is 11.1 Å². The van der Waals surface area contributed by atoms with E-state index in [-0.39, 0.29) is 24.8 Å². The molecule has 3 aromatic rings. The minimum Gasteiger partial charge on any atom is -0.493 e. The van der Waals surface area contributed by atoms with E-state index in [9.17, 15) is 9.59 Å². The van der Waals surface area contributed by atoms with Crippen molar-refractivity contribution in [2.75, 3.05) is 31.0 Å². The lowest BCUT2D eigenvalue weighted by Crippen LogP contribution is -2.28. The van der Waals surface area contributed by atoms with E-state index in [2.05, 4.69) is 10.3 Å². The third-order valence-corrected chi connectivity index (χ3v) is 4.95. The summed E-state index contributed by atoms with van der Waals surface area (Å²) < 4.78 is 16.1. The number of methoxy groups -OCH3 is 2. The van der Waals surface area contributed by atoms with E-state index < -0.39 is 5.92 Å². The van der Waals surface area contributed by atoms with Crippen molar-refractivity contribution in [1.29, 1.82) is 0 Å². The highest BCUT2D eigenvalue weighted by Crippen LogP contribution is 2.34. The number of hydrogen-bond acceptors (Lipinski definition) is 6. The number of nitrogens with zero attached hydrogens (tertiary/aromatic N) is 2. The number of aromatic nitrogens is 1. The summed E-state index contributed by atoms with van der Waals surface area (Å²) in [5.74, 6) is 0.798. The van der Waals surface area contributed by atoms with E-state index in [4.69, 9.17) is 13.9 Å². The van der Waals surface area contributed by atoms with Crippen molar-refractivity contribution in [3.8, 4) is 11.5 Å². The van der Waals surface area contributed by atoms with Gasteiger partial charge in [0.2, 0.25) is 11.8 Å². The Morgan fingerprint density at radius 3 is 2.76 bits per heavy atom. The molecule has 2 aromatic carbocycles. The third-order valence-electron chi connectivity index (χ3n) is 4.95. The number of hydrogen-bond donors (Lipinski definition) is 1. The molecule has 150 valence electrons. The van der Waals surface area contributed by atoms with Gasteiger partial charge in [0.05, 0.1) is 25.8 Å². The van der Waals surface area contributed by atoms with Gasteiger partial charge < -0.3 is 24.1 Å². The number of carbonyl (C=O) groups is 2. The Hall–Kier alpha value is -3.55. The Kier molecular flexibility index (Phi) is 4.84. The van der Waals surface area contributed by atoms with Crippen molar-refractivity contribution in [3.05, 3.63) is 42.3 Å². The number of ether oxygens (including phenoxy) is 2. The average molecular weight is 395 g/mol. The number of fused-ring (bicyclic) bond motifs is 1. The van der Waals surface area contributed by atoms with Crippen molar-refractivity contribution in [2.45, 2.75) is 13.3 Å². The van der Waals surface area contributed by atoms with Crippen LogP contribution in [0.1, 0.15) is 12.3 Å². The van der Waals surface area contributed by atoms with Crippen LogP contribution >= 0.6 is 0 Å². The standard InChI is InChI=1S/C21H21N3O5/c1-12-22-15-5-4-6-16(20(15)29-12)23-21(26)13-9-19(25)24(11-13)14-7-8-17(27-2)18(10-14)28-3/h4-8,10,13H,9,11H2,1-3H3,(H,23,26). The van der Waals surface area contributed by atoms with Gasteiger partial charge in [0.15, 0.2) is 23.0 Å². The highest BCUT2D eigenvalue weighted by molar-refractivity contribution is 6.05. The maximum atomic E-state index is 12.8. The van der Waals surface area contributed by atoms with Crippen LogP contribution in [0.15, 0.2) is 40.8 Å². The Bertz CT molecular complexity index is 1090. The van der Waals surface area contributed by atoms with Crippen LogP contribution in [0, 0.1) is 12.8 Å². The normalized spacial score (nSPS) is 16.3. The first kappa shape index (κ1) is 18.8. The van der Waals surface area contributed by atoms with Crippen LogP contribution in [0.5, 0.6) is 11.5 Å². The fraction of sp³-hybridized carbons (Fsp3) is 0.286. The van der Waals surface area contributed by atoms with Crippen LogP contribution in [0.4, 0.5) is 11.4 Å². The van der Waals surface area contributed by atoms with Gasteiger partial charge in [-0.15, -0.1) is 0 Å². The molecule has 0 aliphatic carbocycles. The zero-order chi connectivity index (χ0) is 20.5. The van der Waals surface area contributed by atoms with Gasteiger partial charge in [-0.3, -0.25) is 9.59 Å². The second-order valence-corrected chi connectivity index (χ2v) is 6.82. The summed E-state index contributed by atoms with van der Waals surface area (Å²) in [6.45, 7) is 2.04. The number of oxazole rings is 1. The molecule has 1 saturated heterocycles. The first-order valence-corrected chi connectivity index (χ1v) is 9.19. The van der Waals surface area contributed by atoms with Gasteiger partial charge >= 0.3 is 0 Å². The lowest BCUT2D eigenvalue weighted by molar-refractivity contribution is -0.122. The summed E-state index contributed by atoms with van der Waals surface area (Å²) in [6, 6.07) is 10.6. The molecule has 1 fully saturated rings. The maximum absolute atomic E-state index is 12.8. The lowest BCUT2D eigenvalue weighted by Gasteiger charge is -2.18. The number of benzene rings is 2. The van der Waals surface area contributed by atoms with E-state index in [1.54, 1.807) is 49.3 Å². The van der Waals surface area contributed by atoms with E-state index in [1.807, 2.05) is 6.07 Å². The van der Waals surface area contributed by atoms with Crippen molar-refractivity contribution in [3.63, 3.8) is 0 Å². The topological polar surface area (TPSA) is 93.9 Å². The van der Waals surface area contributed by atoms with Crippen molar-refractivity contribution in [2.24, 2.45) is 5.92 Å². The van der Waals surface area contributed by atoms with Crippen molar-refractivity contribution < 1.29 is 23.5 Å². The van der Waals surface area contributed by atoms with Crippen LogP contribution in [-0.2, 0) is 9.59 Å². The van der Waals surface area contributed by atoms with Gasteiger partial charge in [-0.05, 0) is 24.3 Å². The first-order valence-electron chi connectivity index (χ1n) is 9.19. The zero-order valence-electron chi connectivity index (χ0n) is 16.4. The molecule has 8 heteroatoms. The number of aryl methyl sites for hydroxylation is 1. The first-order chi connectivity index (χ1) is 14.0. The zero-order valence-corrected chi connectivity index (χ0v) is 16.4. The van der Waals surface area contributed by atoms with E-state index in [0.29, 0.717) is 39.9 Å². The molecule has 1 aromatic heterocycles. The molecule has 8 nitrogen and oxygen atoms in total. The quantitative estimate of drug-likeness (QED) is 0.713. The highest BCUT2D eigenvalue weighted by Gasteiger charge is 2.35. The molecule has 1 atom stereocenters. The smallest absolute Gasteiger partial charge is 0.229 e. The molecule has 0 bridgehead atoms. The minimum absolute atomic E-state index is 0.119. The summed E-state index contributed by atoms with van der Waals surface area (Å²) >= 11 is 0. The van der Waals surface area contributed by atoms with Crippen LogP contribution in [-0.4, -0.2) is 37.6 Å². The summed E-state index contributed by atoms with van der Waals surface area (Å²) in [5, 5.41) is 2.88. The second kappa shape index (κ2) is 7.46. The molecule has 4 rings (SSSR count). The predicted molar refractivity (Wildman–Crippen MR) is 107 cm³/mol. The lowest BCUT2D eigenvalue weighted by atomic mass is 10.1. The number of para-hydroxylation sites is 1. The monoisotopic (exact) mass is 395 g/mol. The molecular formula is C21H21N3O5. The molecular weight excluding hydrogens is 374 g/mol. The molecule has 0 spiro atoms. The Labute approximate surface area is 167 Å². The number of carbonyl (C=O) groups excluding carboxylic acids is 2. The number of nitrogens with one attached hydrogen (secondary N) is 1. The number of rotatable bonds is 5. The van der Waals surface area contributed by atoms with E-state index in [0.717, 1.165) is 0 Å². The Balaban J connectivity index is 1.52. The van der Waals surface area contributed by atoms with E-state index in [1.165, 1.54) is 7.11 Å². The van der Waals surface area contributed by atoms with Crippen LogP contribution < -0.4 is 19.7 Å². The van der Waals surface area contributed by atoms with Crippen molar-refractivity contribution in [1.82, 2.24) is 4.98 Å². The number of anilines is 2. The Morgan fingerprint density at radius 1 is 1.21 bits per heavy atom.